The number of likely N-dealkylation sites (N-methyl/N-ethyl adjacent to an activating group) is 1. The first-order valence-corrected chi connectivity index (χ1v) is 7.41. The molecular weight excluding hydrogens is 248 g/mol. The smallest absolute Gasteiger partial charge is 0.223 e. The Kier molecular flexibility index (Phi) is 6.73. The molecule has 1 aromatic carbocycles. The maximum Gasteiger partial charge on any atom is 0.223 e. The number of carbonyl (C=O) groups excluding carboxylic acids is 1. The van der Waals surface area contributed by atoms with Crippen LogP contribution in [0, 0.1) is 5.92 Å². The number of hydrogen-bond donors (Lipinski definition) is 1. The minimum Gasteiger partial charge on any atom is -0.355 e. The molecule has 0 aromatic heterocycles. The summed E-state index contributed by atoms with van der Waals surface area (Å²) < 4.78 is 0. The van der Waals surface area contributed by atoms with Gasteiger partial charge < -0.3 is 10.2 Å². The standard InChI is InChI=1S/C17H28N2O/c1-13(2)16-8-6-15(7-9-16)12-14(3)17(20)18-10-11-19(4)5/h6-9,13-14H,10-12H2,1-5H3,(H,18,20). The lowest BCUT2D eigenvalue weighted by Gasteiger charge is -2.15. The predicted octanol–water partition coefficient (Wildman–Crippen LogP) is 2.67. The van der Waals surface area contributed by atoms with Crippen LogP contribution in [0.3, 0.4) is 0 Å². The van der Waals surface area contributed by atoms with E-state index in [1.165, 1.54) is 11.1 Å². The van der Waals surface area contributed by atoms with Gasteiger partial charge in [-0.2, -0.15) is 0 Å². The SMILES string of the molecule is CC(Cc1ccc(C(C)C)cc1)C(=O)NCCN(C)C. The summed E-state index contributed by atoms with van der Waals surface area (Å²) in [6.07, 6.45) is 0.798. The quantitative estimate of drug-likeness (QED) is 0.830. The van der Waals surface area contributed by atoms with E-state index < -0.39 is 0 Å². The van der Waals surface area contributed by atoms with Gasteiger partial charge in [0.05, 0.1) is 0 Å². The predicted molar refractivity (Wildman–Crippen MR) is 85.0 cm³/mol. The summed E-state index contributed by atoms with van der Waals surface area (Å²) in [6, 6.07) is 8.60. The van der Waals surface area contributed by atoms with Crippen molar-refractivity contribution in [3.63, 3.8) is 0 Å². The molecule has 0 radical (unpaired) electrons. The highest BCUT2D eigenvalue weighted by Gasteiger charge is 2.13. The van der Waals surface area contributed by atoms with Crippen LogP contribution in [0.4, 0.5) is 0 Å². The average molecular weight is 276 g/mol. The van der Waals surface area contributed by atoms with E-state index in [1.807, 2.05) is 21.0 Å². The first kappa shape index (κ1) is 16.7. The maximum atomic E-state index is 12.0. The normalized spacial score (nSPS) is 12.8. The van der Waals surface area contributed by atoms with E-state index in [-0.39, 0.29) is 11.8 Å². The van der Waals surface area contributed by atoms with Gasteiger partial charge in [0.2, 0.25) is 5.91 Å². The number of amides is 1. The molecule has 1 unspecified atom stereocenters. The second-order valence-electron chi connectivity index (χ2n) is 6.10. The molecule has 3 nitrogen and oxygen atoms in total. The Morgan fingerprint density at radius 1 is 1.15 bits per heavy atom. The Balaban J connectivity index is 2.44. The third kappa shape index (κ3) is 5.74. The molecule has 0 saturated heterocycles. The molecule has 0 aliphatic carbocycles. The minimum atomic E-state index is 0.0158. The summed E-state index contributed by atoms with van der Waals surface area (Å²) >= 11 is 0. The van der Waals surface area contributed by atoms with Crippen LogP contribution in [0.15, 0.2) is 24.3 Å². The lowest BCUT2D eigenvalue weighted by Crippen LogP contribution is -2.35. The maximum absolute atomic E-state index is 12.0. The van der Waals surface area contributed by atoms with Crippen LogP contribution in [0.25, 0.3) is 0 Å². The van der Waals surface area contributed by atoms with E-state index in [2.05, 4.69) is 48.3 Å². The first-order valence-electron chi connectivity index (χ1n) is 7.41. The molecule has 112 valence electrons. The van der Waals surface area contributed by atoms with Gasteiger partial charge in [-0.3, -0.25) is 4.79 Å². The van der Waals surface area contributed by atoms with Crippen LogP contribution in [0.5, 0.6) is 0 Å². The van der Waals surface area contributed by atoms with Crippen LogP contribution < -0.4 is 5.32 Å². The van der Waals surface area contributed by atoms with E-state index in [0.29, 0.717) is 12.5 Å². The van der Waals surface area contributed by atoms with Crippen molar-refractivity contribution in [3.8, 4) is 0 Å². The van der Waals surface area contributed by atoms with E-state index in [4.69, 9.17) is 0 Å². The number of nitrogens with zero attached hydrogens (tertiary/aromatic N) is 1. The number of nitrogens with one attached hydrogen (secondary N) is 1. The van der Waals surface area contributed by atoms with Crippen molar-refractivity contribution in [2.45, 2.75) is 33.1 Å². The van der Waals surface area contributed by atoms with Crippen LogP contribution in [0.1, 0.15) is 37.8 Å². The molecule has 1 aromatic rings. The van der Waals surface area contributed by atoms with Crippen molar-refractivity contribution >= 4 is 5.91 Å². The molecule has 1 N–H and O–H groups in total. The highest BCUT2D eigenvalue weighted by atomic mass is 16.1. The van der Waals surface area contributed by atoms with Crippen LogP contribution in [-0.2, 0) is 11.2 Å². The second-order valence-corrected chi connectivity index (χ2v) is 6.10. The molecular formula is C17H28N2O. The summed E-state index contributed by atoms with van der Waals surface area (Å²) in [5.41, 5.74) is 2.57. The molecule has 0 aliphatic heterocycles. The number of rotatable bonds is 7. The molecule has 0 bridgehead atoms. The lowest BCUT2D eigenvalue weighted by molar-refractivity contribution is -0.124. The average Bonchev–Trinajstić information content (AvgIpc) is 2.38. The molecule has 1 rings (SSSR count). The van der Waals surface area contributed by atoms with Crippen molar-refractivity contribution < 1.29 is 4.79 Å². The van der Waals surface area contributed by atoms with Gasteiger partial charge in [-0.25, -0.2) is 0 Å². The fraction of sp³-hybridized carbons (Fsp3) is 0.588. The van der Waals surface area contributed by atoms with Crippen molar-refractivity contribution in [2.24, 2.45) is 5.92 Å². The molecule has 1 atom stereocenters. The number of benzene rings is 1. The molecule has 0 spiro atoms. The van der Waals surface area contributed by atoms with Crippen molar-refractivity contribution in [2.75, 3.05) is 27.2 Å². The van der Waals surface area contributed by atoms with Crippen LogP contribution in [-0.4, -0.2) is 38.0 Å². The second kappa shape index (κ2) is 8.05. The van der Waals surface area contributed by atoms with Crippen molar-refractivity contribution in [1.29, 1.82) is 0 Å². The van der Waals surface area contributed by atoms with Gasteiger partial charge in [-0.15, -0.1) is 0 Å². The van der Waals surface area contributed by atoms with E-state index in [9.17, 15) is 4.79 Å². The summed E-state index contributed by atoms with van der Waals surface area (Å²) in [4.78, 5) is 14.0. The molecule has 0 heterocycles. The van der Waals surface area contributed by atoms with Gasteiger partial charge in [-0.05, 0) is 37.6 Å². The molecule has 0 aliphatic rings. The van der Waals surface area contributed by atoms with Gasteiger partial charge in [0.25, 0.3) is 0 Å². The van der Waals surface area contributed by atoms with Gasteiger partial charge in [0, 0.05) is 19.0 Å². The highest BCUT2D eigenvalue weighted by Crippen LogP contribution is 2.16. The van der Waals surface area contributed by atoms with E-state index >= 15 is 0 Å². The van der Waals surface area contributed by atoms with Gasteiger partial charge in [0.1, 0.15) is 0 Å². The largest absolute Gasteiger partial charge is 0.355 e. The van der Waals surface area contributed by atoms with Crippen molar-refractivity contribution in [3.05, 3.63) is 35.4 Å². The Hall–Kier alpha value is -1.35. The number of hydrogen-bond acceptors (Lipinski definition) is 2. The van der Waals surface area contributed by atoms with Gasteiger partial charge >= 0.3 is 0 Å². The molecule has 1 amide bonds. The zero-order valence-corrected chi connectivity index (χ0v) is 13.4. The van der Waals surface area contributed by atoms with E-state index in [1.54, 1.807) is 0 Å². The molecule has 0 saturated carbocycles. The Bertz CT molecular complexity index is 410. The van der Waals surface area contributed by atoms with Crippen LogP contribution in [0.2, 0.25) is 0 Å². The Labute approximate surface area is 123 Å². The zero-order chi connectivity index (χ0) is 15.1. The van der Waals surface area contributed by atoms with Crippen molar-refractivity contribution in [1.82, 2.24) is 10.2 Å². The molecule has 3 heteroatoms. The Morgan fingerprint density at radius 2 is 1.75 bits per heavy atom. The highest BCUT2D eigenvalue weighted by molar-refractivity contribution is 5.78. The Morgan fingerprint density at radius 3 is 2.25 bits per heavy atom. The third-order valence-corrected chi connectivity index (χ3v) is 3.49. The molecule has 0 fully saturated rings. The fourth-order valence-corrected chi connectivity index (χ4v) is 2.06. The van der Waals surface area contributed by atoms with Gasteiger partial charge in [-0.1, -0.05) is 45.0 Å². The topological polar surface area (TPSA) is 32.3 Å². The summed E-state index contributed by atoms with van der Waals surface area (Å²) in [5, 5.41) is 2.98. The monoisotopic (exact) mass is 276 g/mol. The minimum absolute atomic E-state index is 0.0158. The lowest BCUT2D eigenvalue weighted by atomic mass is 9.96. The number of carbonyl (C=O) groups is 1. The van der Waals surface area contributed by atoms with E-state index in [0.717, 1.165) is 13.0 Å². The van der Waals surface area contributed by atoms with Crippen LogP contribution >= 0.6 is 0 Å². The summed E-state index contributed by atoms with van der Waals surface area (Å²) in [5.74, 6) is 0.706. The zero-order valence-electron chi connectivity index (χ0n) is 13.4. The summed E-state index contributed by atoms with van der Waals surface area (Å²) in [7, 11) is 4.01. The van der Waals surface area contributed by atoms with Gasteiger partial charge in [0.15, 0.2) is 0 Å². The third-order valence-electron chi connectivity index (χ3n) is 3.49. The fourth-order valence-electron chi connectivity index (χ4n) is 2.06. The first-order chi connectivity index (χ1) is 9.40. The summed E-state index contributed by atoms with van der Waals surface area (Å²) in [6.45, 7) is 7.96. The molecule has 20 heavy (non-hydrogen) atoms.